The van der Waals surface area contributed by atoms with E-state index in [1.54, 1.807) is 14.2 Å². The van der Waals surface area contributed by atoms with Gasteiger partial charge in [0.25, 0.3) is 0 Å². The molecule has 0 aliphatic carbocycles. The predicted molar refractivity (Wildman–Crippen MR) is 95.6 cm³/mol. The van der Waals surface area contributed by atoms with Crippen molar-refractivity contribution >= 4 is 26.7 Å². The topological polar surface area (TPSA) is 108 Å². The van der Waals surface area contributed by atoms with Gasteiger partial charge in [-0.25, -0.2) is 23.5 Å². The number of anilines is 1. The highest BCUT2D eigenvalue weighted by molar-refractivity contribution is 7.89. The summed E-state index contributed by atoms with van der Waals surface area (Å²) in [6.45, 7) is 1.29. The third-order valence-corrected chi connectivity index (χ3v) is 5.96. The van der Waals surface area contributed by atoms with Crippen molar-refractivity contribution < 1.29 is 17.9 Å². The van der Waals surface area contributed by atoms with E-state index in [1.807, 2.05) is 12.1 Å². The molecule has 8 nitrogen and oxygen atoms in total. The Kier molecular flexibility index (Phi) is 4.96. The summed E-state index contributed by atoms with van der Waals surface area (Å²) in [5.41, 5.74) is 0.745. The molecule has 3 rings (SSSR count). The number of hydrogen-bond donors (Lipinski definition) is 1. The van der Waals surface area contributed by atoms with E-state index in [1.165, 1.54) is 6.33 Å². The van der Waals surface area contributed by atoms with Gasteiger partial charge in [0.15, 0.2) is 11.5 Å². The Bertz CT molecular complexity index is 872. The van der Waals surface area contributed by atoms with Gasteiger partial charge in [0.05, 0.1) is 25.0 Å². The summed E-state index contributed by atoms with van der Waals surface area (Å²) >= 11 is 0. The van der Waals surface area contributed by atoms with Crippen molar-refractivity contribution in [2.75, 3.05) is 32.2 Å². The van der Waals surface area contributed by atoms with Gasteiger partial charge in [-0.05, 0) is 25.3 Å². The largest absolute Gasteiger partial charge is 0.493 e. The lowest BCUT2D eigenvalue weighted by atomic mass is 10.2. The molecule has 0 spiro atoms. The lowest BCUT2D eigenvalue weighted by molar-refractivity contribution is 0.356. The molecule has 0 amide bonds. The molecule has 25 heavy (non-hydrogen) atoms. The number of fused-ring (bicyclic) bond motifs is 1. The molecule has 2 heterocycles. The Balaban J connectivity index is 1.98. The molecule has 0 radical (unpaired) electrons. The van der Waals surface area contributed by atoms with Gasteiger partial charge in [-0.1, -0.05) is 0 Å². The van der Waals surface area contributed by atoms with Gasteiger partial charge in [0, 0.05) is 24.5 Å². The summed E-state index contributed by atoms with van der Waals surface area (Å²) in [6.07, 6.45) is 3.29. The maximum absolute atomic E-state index is 11.7. The average Bonchev–Trinajstić information content (AvgIpc) is 2.85. The third-order valence-electron chi connectivity index (χ3n) is 4.56. The van der Waals surface area contributed by atoms with Crippen LogP contribution in [0.4, 0.5) is 5.82 Å². The van der Waals surface area contributed by atoms with Crippen LogP contribution < -0.4 is 19.5 Å². The van der Waals surface area contributed by atoms with Crippen molar-refractivity contribution in [2.45, 2.75) is 24.5 Å². The molecule has 1 aromatic carbocycles. The van der Waals surface area contributed by atoms with Crippen molar-refractivity contribution in [2.24, 2.45) is 5.14 Å². The predicted octanol–water partition coefficient (Wildman–Crippen LogP) is 1.29. The van der Waals surface area contributed by atoms with Gasteiger partial charge in [0.1, 0.15) is 12.1 Å². The molecule has 2 aromatic rings. The maximum Gasteiger partial charge on any atom is 0.212 e. The second-order valence-corrected chi connectivity index (χ2v) is 7.90. The molecule has 2 N–H and O–H groups in total. The van der Waals surface area contributed by atoms with Crippen LogP contribution in [-0.4, -0.2) is 50.9 Å². The maximum atomic E-state index is 11.7. The zero-order valence-corrected chi connectivity index (χ0v) is 15.1. The van der Waals surface area contributed by atoms with Gasteiger partial charge >= 0.3 is 0 Å². The smallest absolute Gasteiger partial charge is 0.212 e. The molecule has 1 aliphatic rings. The van der Waals surface area contributed by atoms with E-state index >= 15 is 0 Å². The third kappa shape index (κ3) is 3.62. The number of methoxy groups -OCH3 is 2. The summed E-state index contributed by atoms with van der Waals surface area (Å²) < 4.78 is 34.0. The van der Waals surface area contributed by atoms with Gasteiger partial charge in [-0.15, -0.1) is 0 Å². The molecule has 1 fully saturated rings. The second kappa shape index (κ2) is 7.01. The van der Waals surface area contributed by atoms with E-state index < -0.39 is 15.3 Å². The molecule has 1 saturated heterocycles. The highest BCUT2D eigenvalue weighted by atomic mass is 32.2. The summed E-state index contributed by atoms with van der Waals surface area (Å²) in [6, 6.07) is 3.66. The average molecular weight is 366 g/mol. The highest BCUT2D eigenvalue weighted by Crippen LogP contribution is 2.35. The molecule has 0 saturated carbocycles. The van der Waals surface area contributed by atoms with Gasteiger partial charge in [-0.2, -0.15) is 0 Å². The van der Waals surface area contributed by atoms with Crippen LogP contribution >= 0.6 is 0 Å². The van der Waals surface area contributed by atoms with Crippen LogP contribution in [0.1, 0.15) is 19.3 Å². The first kappa shape index (κ1) is 17.7. The van der Waals surface area contributed by atoms with Crippen LogP contribution in [0, 0.1) is 0 Å². The lowest BCUT2D eigenvalue weighted by Crippen LogP contribution is -2.30. The van der Waals surface area contributed by atoms with Gasteiger partial charge in [0.2, 0.25) is 10.0 Å². The summed E-state index contributed by atoms with van der Waals surface area (Å²) in [5.74, 6) is 1.97. The highest BCUT2D eigenvalue weighted by Gasteiger charge is 2.26. The normalized spacial score (nSPS) is 18.8. The Hall–Kier alpha value is -2.13. The van der Waals surface area contributed by atoms with E-state index in [2.05, 4.69) is 14.9 Å². The number of nitrogens with zero attached hydrogens (tertiary/aromatic N) is 3. The van der Waals surface area contributed by atoms with E-state index in [0.717, 1.165) is 23.1 Å². The SMILES string of the molecule is COc1cc2ncnc(N3CCCC(S(N)(=O)=O)CC3)c2cc1OC. The first-order valence-electron chi connectivity index (χ1n) is 8.07. The van der Waals surface area contributed by atoms with Crippen molar-refractivity contribution in [3.63, 3.8) is 0 Å². The van der Waals surface area contributed by atoms with Gasteiger partial charge < -0.3 is 14.4 Å². The summed E-state index contributed by atoms with van der Waals surface area (Å²) in [5, 5.41) is 5.66. The zero-order chi connectivity index (χ0) is 18.0. The minimum Gasteiger partial charge on any atom is -0.493 e. The van der Waals surface area contributed by atoms with E-state index in [9.17, 15) is 8.42 Å². The molecule has 1 aliphatic heterocycles. The number of ether oxygens (including phenoxy) is 2. The molecule has 0 bridgehead atoms. The molecule has 136 valence electrons. The quantitative estimate of drug-likeness (QED) is 0.869. The Morgan fingerprint density at radius 1 is 1.12 bits per heavy atom. The number of rotatable bonds is 4. The van der Waals surface area contributed by atoms with Crippen LogP contribution in [0.2, 0.25) is 0 Å². The first-order chi connectivity index (χ1) is 11.9. The summed E-state index contributed by atoms with van der Waals surface area (Å²) in [7, 11) is -0.356. The molecular weight excluding hydrogens is 344 g/mol. The van der Waals surface area contributed by atoms with Gasteiger partial charge in [-0.3, -0.25) is 0 Å². The minimum absolute atomic E-state index is 0.484. The van der Waals surface area contributed by atoms with Crippen molar-refractivity contribution in [1.82, 2.24) is 9.97 Å². The number of nitrogens with two attached hydrogens (primary N) is 1. The molecule has 1 unspecified atom stereocenters. The van der Waals surface area contributed by atoms with Crippen LogP contribution in [0.3, 0.4) is 0 Å². The van der Waals surface area contributed by atoms with E-state index in [4.69, 9.17) is 14.6 Å². The van der Waals surface area contributed by atoms with Crippen molar-refractivity contribution in [3.05, 3.63) is 18.5 Å². The molecular formula is C16H22N4O4S. The minimum atomic E-state index is -3.51. The number of aromatic nitrogens is 2. The van der Waals surface area contributed by atoms with Crippen LogP contribution in [0.25, 0.3) is 10.9 Å². The first-order valence-corrected chi connectivity index (χ1v) is 9.68. The zero-order valence-electron chi connectivity index (χ0n) is 14.3. The van der Waals surface area contributed by atoms with E-state index in [-0.39, 0.29) is 0 Å². The number of hydrogen-bond acceptors (Lipinski definition) is 7. The van der Waals surface area contributed by atoms with Crippen LogP contribution in [0.15, 0.2) is 18.5 Å². The monoisotopic (exact) mass is 366 g/mol. The fourth-order valence-corrected chi connectivity index (χ4v) is 4.16. The lowest BCUT2D eigenvalue weighted by Gasteiger charge is -2.23. The Morgan fingerprint density at radius 2 is 1.84 bits per heavy atom. The Morgan fingerprint density at radius 3 is 2.52 bits per heavy atom. The number of primary sulfonamides is 1. The van der Waals surface area contributed by atoms with E-state index in [0.29, 0.717) is 37.4 Å². The van der Waals surface area contributed by atoms with Crippen molar-refractivity contribution in [1.29, 1.82) is 0 Å². The number of benzene rings is 1. The molecule has 9 heteroatoms. The Labute approximate surface area is 147 Å². The molecule has 1 aromatic heterocycles. The summed E-state index contributed by atoms with van der Waals surface area (Å²) in [4.78, 5) is 10.8. The second-order valence-electron chi connectivity index (χ2n) is 6.05. The fourth-order valence-electron chi connectivity index (χ4n) is 3.23. The number of sulfonamides is 1. The standard InChI is InChI=1S/C16H22N4O4S/c1-23-14-8-12-13(9-15(14)24-2)18-10-19-16(12)20-6-3-4-11(5-7-20)25(17,21)22/h8-11H,3-7H2,1-2H3,(H2,17,21,22). The van der Waals surface area contributed by atoms with Crippen LogP contribution in [-0.2, 0) is 10.0 Å². The van der Waals surface area contributed by atoms with Crippen molar-refractivity contribution in [3.8, 4) is 11.5 Å². The fraction of sp³-hybridized carbons (Fsp3) is 0.500. The van der Waals surface area contributed by atoms with Crippen LogP contribution in [0.5, 0.6) is 11.5 Å². The molecule has 1 atom stereocenters.